The number of methoxy groups -OCH3 is 1. The van der Waals surface area contributed by atoms with Gasteiger partial charge in [-0.3, -0.25) is 0 Å². The van der Waals surface area contributed by atoms with Gasteiger partial charge in [0.05, 0.1) is 25.3 Å². The summed E-state index contributed by atoms with van der Waals surface area (Å²) in [7, 11) is 2.60. The summed E-state index contributed by atoms with van der Waals surface area (Å²) in [6.45, 7) is 0. The summed E-state index contributed by atoms with van der Waals surface area (Å²) in [5, 5.41) is 0. The SMILES string of the molecule is COC(=O)C1C(c2cnc[nH]2)n2c(=O)n(C)c(=O)n21. The Morgan fingerprint density at radius 2 is 2.05 bits per heavy atom. The first-order valence-electron chi connectivity index (χ1n) is 5.54. The molecule has 0 radical (unpaired) electrons. The smallest absolute Gasteiger partial charge is 0.347 e. The van der Waals surface area contributed by atoms with Gasteiger partial charge in [0.15, 0.2) is 6.04 Å². The third-order valence-corrected chi connectivity index (χ3v) is 3.30. The van der Waals surface area contributed by atoms with E-state index in [4.69, 9.17) is 0 Å². The predicted molar refractivity (Wildman–Crippen MR) is 61.7 cm³/mol. The molecule has 0 amide bonds. The van der Waals surface area contributed by atoms with Crippen molar-refractivity contribution in [2.75, 3.05) is 7.11 Å². The molecule has 3 rings (SSSR count). The fourth-order valence-corrected chi connectivity index (χ4v) is 2.36. The van der Waals surface area contributed by atoms with E-state index in [0.29, 0.717) is 5.69 Å². The summed E-state index contributed by atoms with van der Waals surface area (Å²) in [4.78, 5) is 42.3. The lowest BCUT2D eigenvalue weighted by molar-refractivity contribution is -0.150. The van der Waals surface area contributed by atoms with E-state index in [2.05, 4.69) is 14.7 Å². The van der Waals surface area contributed by atoms with E-state index in [1.807, 2.05) is 0 Å². The molecule has 1 aliphatic heterocycles. The van der Waals surface area contributed by atoms with Crippen LogP contribution in [0.3, 0.4) is 0 Å². The van der Waals surface area contributed by atoms with Gasteiger partial charge in [0.2, 0.25) is 0 Å². The second-order valence-electron chi connectivity index (χ2n) is 4.23. The average Bonchev–Trinajstić information content (AvgIpc) is 2.94. The summed E-state index contributed by atoms with van der Waals surface area (Å²) < 4.78 is 7.95. The van der Waals surface area contributed by atoms with E-state index >= 15 is 0 Å². The van der Waals surface area contributed by atoms with Gasteiger partial charge in [-0.1, -0.05) is 0 Å². The molecule has 3 heterocycles. The second-order valence-corrected chi connectivity index (χ2v) is 4.23. The maximum atomic E-state index is 11.9. The molecule has 100 valence electrons. The fraction of sp³-hybridized carbons (Fsp3) is 0.400. The van der Waals surface area contributed by atoms with Gasteiger partial charge in [0.1, 0.15) is 6.04 Å². The lowest BCUT2D eigenvalue weighted by atomic mass is 10.0. The minimum atomic E-state index is -0.855. The molecule has 2 atom stereocenters. The van der Waals surface area contributed by atoms with E-state index in [9.17, 15) is 14.4 Å². The standard InChI is InChI=1S/C10H11N5O4/c1-13-9(17)14-6(5-3-11-4-12-5)7(8(16)19-2)15(14)10(13)18/h3-4,6-7H,1-2H3,(H,11,12). The molecule has 2 aromatic rings. The van der Waals surface area contributed by atoms with Crippen molar-refractivity contribution in [3.05, 3.63) is 39.2 Å². The zero-order valence-corrected chi connectivity index (χ0v) is 10.2. The van der Waals surface area contributed by atoms with Crippen molar-refractivity contribution in [2.24, 2.45) is 7.05 Å². The topological polar surface area (TPSA) is 104 Å². The number of aromatic nitrogens is 5. The number of hydrogen-bond donors (Lipinski definition) is 1. The van der Waals surface area contributed by atoms with Gasteiger partial charge in [-0.05, 0) is 0 Å². The number of nitrogens with zero attached hydrogens (tertiary/aromatic N) is 4. The third-order valence-electron chi connectivity index (χ3n) is 3.30. The Kier molecular flexibility index (Phi) is 2.24. The Balaban J connectivity index is 2.23. The number of carbonyl (C=O) groups is 1. The van der Waals surface area contributed by atoms with E-state index in [1.165, 1.54) is 31.4 Å². The monoisotopic (exact) mass is 265 g/mol. The number of ether oxygens (including phenoxy) is 1. The molecule has 0 bridgehead atoms. The molecule has 19 heavy (non-hydrogen) atoms. The van der Waals surface area contributed by atoms with Crippen LogP contribution in [0.5, 0.6) is 0 Å². The summed E-state index contributed by atoms with van der Waals surface area (Å²) in [6.07, 6.45) is 2.95. The number of hydrogen-bond acceptors (Lipinski definition) is 5. The van der Waals surface area contributed by atoms with Gasteiger partial charge < -0.3 is 9.72 Å². The van der Waals surface area contributed by atoms with E-state index < -0.39 is 29.4 Å². The molecule has 9 nitrogen and oxygen atoms in total. The highest BCUT2D eigenvalue weighted by atomic mass is 16.5. The molecule has 1 aliphatic rings. The molecule has 0 spiro atoms. The largest absolute Gasteiger partial charge is 0.467 e. The first kappa shape index (κ1) is 11.5. The summed E-state index contributed by atoms with van der Waals surface area (Å²) >= 11 is 0. The van der Waals surface area contributed by atoms with Crippen molar-refractivity contribution in [2.45, 2.75) is 12.1 Å². The van der Waals surface area contributed by atoms with Crippen molar-refractivity contribution in [3.63, 3.8) is 0 Å². The zero-order valence-electron chi connectivity index (χ0n) is 10.2. The van der Waals surface area contributed by atoms with Gasteiger partial charge in [-0.2, -0.15) is 0 Å². The van der Waals surface area contributed by atoms with Crippen molar-refractivity contribution in [1.82, 2.24) is 23.9 Å². The van der Waals surface area contributed by atoms with Crippen molar-refractivity contribution >= 4 is 5.97 Å². The number of nitrogens with one attached hydrogen (secondary N) is 1. The van der Waals surface area contributed by atoms with E-state index in [-0.39, 0.29) is 0 Å². The lowest BCUT2D eigenvalue weighted by Gasteiger charge is -2.36. The van der Waals surface area contributed by atoms with Crippen LogP contribution in [0.1, 0.15) is 17.8 Å². The summed E-state index contributed by atoms with van der Waals surface area (Å²) in [6, 6.07) is -1.46. The summed E-state index contributed by atoms with van der Waals surface area (Å²) in [5.74, 6) is -0.577. The molecule has 0 fully saturated rings. The molecule has 0 saturated heterocycles. The number of fused-ring (bicyclic) bond motifs is 1. The Morgan fingerprint density at radius 3 is 2.63 bits per heavy atom. The van der Waals surface area contributed by atoms with Crippen LogP contribution in [-0.4, -0.2) is 37.0 Å². The highest BCUT2D eigenvalue weighted by molar-refractivity contribution is 5.76. The molecule has 2 unspecified atom stereocenters. The molecular weight excluding hydrogens is 254 g/mol. The average molecular weight is 265 g/mol. The molecule has 2 aromatic heterocycles. The Hall–Kier alpha value is -2.58. The second kappa shape index (κ2) is 3.70. The minimum Gasteiger partial charge on any atom is -0.467 e. The van der Waals surface area contributed by atoms with Gasteiger partial charge >= 0.3 is 17.3 Å². The number of rotatable bonds is 2. The Bertz CT molecular complexity index is 750. The van der Waals surface area contributed by atoms with Crippen LogP contribution in [0.25, 0.3) is 0 Å². The van der Waals surface area contributed by atoms with Crippen LogP contribution < -0.4 is 11.4 Å². The maximum Gasteiger partial charge on any atom is 0.347 e. The molecule has 0 aliphatic carbocycles. The van der Waals surface area contributed by atoms with Gasteiger partial charge in [0, 0.05) is 7.05 Å². The predicted octanol–water partition coefficient (Wildman–Crippen LogP) is -1.61. The first-order valence-corrected chi connectivity index (χ1v) is 5.54. The number of esters is 1. The number of imidazole rings is 1. The first-order chi connectivity index (χ1) is 9.07. The summed E-state index contributed by atoms with van der Waals surface area (Å²) in [5.41, 5.74) is -0.455. The fourth-order valence-electron chi connectivity index (χ4n) is 2.36. The Labute approximate surface area is 106 Å². The van der Waals surface area contributed by atoms with Crippen LogP contribution in [-0.2, 0) is 16.6 Å². The van der Waals surface area contributed by atoms with Gasteiger partial charge in [-0.15, -0.1) is 0 Å². The molecule has 0 aromatic carbocycles. The minimum absolute atomic E-state index is 0.482. The molecule has 9 heteroatoms. The number of H-pyrrole nitrogens is 1. The quantitative estimate of drug-likeness (QED) is 0.658. The van der Waals surface area contributed by atoms with E-state index in [1.54, 1.807) is 0 Å². The highest BCUT2D eigenvalue weighted by Gasteiger charge is 2.48. The van der Waals surface area contributed by atoms with Crippen LogP contribution in [0, 0.1) is 0 Å². The van der Waals surface area contributed by atoms with Crippen LogP contribution in [0.2, 0.25) is 0 Å². The van der Waals surface area contributed by atoms with Crippen molar-refractivity contribution in [1.29, 1.82) is 0 Å². The zero-order chi connectivity index (χ0) is 13.7. The van der Waals surface area contributed by atoms with Gasteiger partial charge in [-0.25, -0.2) is 33.3 Å². The Morgan fingerprint density at radius 1 is 1.37 bits per heavy atom. The number of aromatic amines is 1. The van der Waals surface area contributed by atoms with Crippen LogP contribution in [0.4, 0.5) is 0 Å². The highest BCUT2D eigenvalue weighted by Crippen LogP contribution is 2.35. The third kappa shape index (κ3) is 1.29. The molecule has 1 N–H and O–H groups in total. The lowest BCUT2D eigenvalue weighted by Crippen LogP contribution is -2.52. The normalized spacial score (nSPS) is 20.7. The molecular formula is C10H11N5O4. The maximum absolute atomic E-state index is 11.9. The van der Waals surface area contributed by atoms with Gasteiger partial charge in [0.25, 0.3) is 0 Å². The van der Waals surface area contributed by atoms with Crippen LogP contribution >= 0.6 is 0 Å². The molecule has 0 saturated carbocycles. The van der Waals surface area contributed by atoms with Crippen molar-refractivity contribution in [3.8, 4) is 0 Å². The number of carbonyl (C=O) groups excluding carboxylic acids is 1. The van der Waals surface area contributed by atoms with Crippen molar-refractivity contribution < 1.29 is 9.53 Å². The van der Waals surface area contributed by atoms with E-state index in [0.717, 1.165) is 9.25 Å². The van der Waals surface area contributed by atoms with Crippen LogP contribution in [0.15, 0.2) is 22.1 Å².